The fourth-order valence-corrected chi connectivity index (χ4v) is 18.3. The molecule has 3 aliphatic carbocycles. The third-order valence-electron chi connectivity index (χ3n) is 23.0. The summed E-state index contributed by atoms with van der Waals surface area (Å²) in [6.45, 7) is -31.4. The summed E-state index contributed by atoms with van der Waals surface area (Å²) >= 11 is 2.58. The van der Waals surface area contributed by atoms with Gasteiger partial charge in [0.15, 0.2) is 15.5 Å². The van der Waals surface area contributed by atoms with Gasteiger partial charge in [-0.05, 0) is 274 Å². The van der Waals surface area contributed by atoms with E-state index in [9.17, 15) is 90.4 Å². The highest BCUT2D eigenvalue weighted by Crippen LogP contribution is 2.39. The maximum absolute atomic E-state index is 15.0. The van der Waals surface area contributed by atoms with Crippen molar-refractivity contribution in [1.29, 1.82) is 0 Å². The van der Waals surface area contributed by atoms with Gasteiger partial charge in [0.05, 0.1) is 42.7 Å². The highest BCUT2D eigenvalue weighted by Gasteiger charge is 2.35. The van der Waals surface area contributed by atoms with E-state index in [0.29, 0.717) is 45.8 Å². The Morgan fingerprint density at radius 1 is 0.354 bits per heavy atom. The van der Waals surface area contributed by atoms with Crippen molar-refractivity contribution < 1.29 is 112 Å². The van der Waals surface area contributed by atoms with Gasteiger partial charge in [0.2, 0.25) is 17.7 Å². The maximum atomic E-state index is 15.0. The molecule has 0 bridgehead atoms. The molecule has 144 heavy (non-hydrogen) atoms. The van der Waals surface area contributed by atoms with Gasteiger partial charge in [0.1, 0.15) is 36.9 Å². The standard InChI is InChI=1S/3C37H40F4N4O2S/c3*1-4-43(5-2)19-20-44(22-27-11-18-31(25(3)21-27)28-12-14-29(15-13-28)37(39,40)41)34(46)23-45-33-8-6-7-32(33)35(47)42-36(45)48-24-26-9-16-30(38)17-10-26/h3*9-18,21H,4-8,19-20,22-24H2,1-3H3/i4D2,5D2,11D,18D,19D2,20D2,21D,23D2;4D2,5D2,11D,18D,21D,22D2,23D2;4D2,5D2,11D,18D,21D,23D2. The normalized spacial score (nSPS) is 17.4. The molecule has 3 aromatic heterocycles. The van der Waals surface area contributed by atoms with E-state index in [-0.39, 0.29) is 177 Å². The molecule has 0 radical (unpaired) electrons. The third-order valence-corrected chi connectivity index (χ3v) is 26.1. The van der Waals surface area contributed by atoms with Gasteiger partial charge in [0.25, 0.3) is 16.7 Å². The summed E-state index contributed by atoms with van der Waals surface area (Å²) in [6, 6.07) is 20.9. The van der Waals surface area contributed by atoms with Crippen LogP contribution in [0, 0.1) is 38.2 Å². The molecule has 0 aliphatic heterocycles. The van der Waals surface area contributed by atoms with Crippen LogP contribution in [0.5, 0.6) is 0 Å². The van der Waals surface area contributed by atoms with Crippen LogP contribution < -0.4 is 16.7 Å². The average Bonchev–Trinajstić information content (AvgIpc) is 1.34. The molecular weight excluding hydrogens is 1920 g/mol. The molecule has 3 amide bonds. The second-order valence-electron chi connectivity index (χ2n) is 32.6. The van der Waals surface area contributed by atoms with E-state index >= 15 is 4.79 Å². The molecule has 0 atom stereocenters. The van der Waals surface area contributed by atoms with Crippen molar-refractivity contribution in [3.63, 3.8) is 0 Å². The number of aromatic nitrogens is 6. The molecule has 12 aromatic rings. The van der Waals surface area contributed by atoms with Crippen LogP contribution in [0.4, 0.5) is 52.7 Å². The van der Waals surface area contributed by atoms with Crippen LogP contribution in [-0.2, 0) is 128 Å². The molecule has 0 fully saturated rings. The van der Waals surface area contributed by atoms with Gasteiger partial charge in [-0.25, -0.2) is 13.2 Å². The molecule has 0 saturated carbocycles. The van der Waals surface area contributed by atoms with Crippen molar-refractivity contribution >= 4 is 53.0 Å². The van der Waals surface area contributed by atoms with Crippen LogP contribution in [0.2, 0.25) is 0 Å². The molecule has 762 valence electrons. The first-order valence-electron chi connectivity index (χ1n) is 61.5. The van der Waals surface area contributed by atoms with Crippen LogP contribution in [0.3, 0.4) is 0 Å². The summed E-state index contributed by atoms with van der Waals surface area (Å²) in [7, 11) is 0. The van der Waals surface area contributed by atoms with Crippen LogP contribution in [-0.4, -0.2) is 154 Å². The predicted octanol–water partition coefficient (Wildman–Crippen LogP) is 22.6. The number of fused-ring (bicyclic) bond motifs is 3. The molecule has 9 aromatic carbocycles. The Labute approximate surface area is 891 Å². The van der Waals surface area contributed by atoms with E-state index in [4.69, 9.17) is 31.5 Å². The Hall–Kier alpha value is -11.9. The zero-order valence-corrected chi connectivity index (χ0v) is 81.6. The van der Waals surface area contributed by atoms with Gasteiger partial charge in [0, 0.05) is 129 Å². The van der Waals surface area contributed by atoms with Crippen molar-refractivity contribution in [2.75, 3.05) is 78.2 Å². The van der Waals surface area contributed by atoms with Crippen LogP contribution in [0.15, 0.2) is 230 Å². The van der Waals surface area contributed by atoms with E-state index in [1.54, 1.807) is 0 Å². The zero-order valence-electron chi connectivity index (χ0n) is 112. The SMILES string of the molecule is [2H]c1c([2H])c(-c2ccc(C(F)(F)F)cc2)c(C)c([2H])c1CN(C(=O)C([2H])([2H])n1c(SCc2ccc(F)cc2)nc(=O)c2c1CCC2)C([2H])([2H])C([2H])([2H])N(C([2H])([2H])C)C([2H])([2H])C.[2H]c1c([2H])c(-c2ccc(C(F)(F)F)cc2)c(C)c([2H])c1CN(CCN(C([2H])([2H])C)C([2H])([2H])C)C(=O)C([2H])([2H])n1c(SCc2ccc(F)cc2)nc(=O)c2c1CCC2.[2H]c1c([2H])c(C([2H])([2H])N(CCN(C([2H])([2H])C)C([2H])([2H])C)C(=O)C([2H])([2H])n2c(SCc3ccc(F)cc3)nc(=O)c3c2CCC3)c([2H])c(C)c1-c1ccc(C(F)(F)F)cc1. The lowest BCUT2D eigenvalue weighted by Crippen LogP contribution is -2.40. The summed E-state index contributed by atoms with van der Waals surface area (Å²) < 4.78 is 455. The summed E-state index contributed by atoms with van der Waals surface area (Å²) in [5, 5.41) is -0.796. The van der Waals surface area contributed by atoms with E-state index in [1.807, 2.05) is 0 Å². The Morgan fingerprint density at radius 3 is 0.951 bits per heavy atom. The van der Waals surface area contributed by atoms with E-state index in [1.165, 1.54) is 81.4 Å². The Balaban J connectivity index is 0.000000216. The molecule has 18 nitrogen and oxygen atoms in total. The lowest BCUT2D eigenvalue weighted by Gasteiger charge is -2.28. The minimum absolute atomic E-state index is 0.00350. The van der Waals surface area contributed by atoms with Gasteiger partial charge in [-0.2, -0.15) is 54.5 Å². The lowest BCUT2D eigenvalue weighted by molar-refractivity contribution is -0.138. The summed E-state index contributed by atoms with van der Waals surface area (Å²) in [5.41, 5.74) is -4.61. The smallest absolute Gasteiger partial charge is 0.336 e. The maximum Gasteiger partial charge on any atom is 0.416 e. The van der Waals surface area contributed by atoms with Crippen molar-refractivity contribution in [2.24, 2.45) is 0 Å². The number of thioether (sulfide) groups is 3. The van der Waals surface area contributed by atoms with Crippen molar-refractivity contribution in [1.82, 2.24) is 58.1 Å². The van der Waals surface area contributed by atoms with Gasteiger partial charge < -0.3 is 43.1 Å². The second-order valence-corrected chi connectivity index (χ2v) is 35.4. The minimum Gasteiger partial charge on any atom is -0.336 e. The lowest BCUT2D eigenvalue weighted by atomic mass is 9.97. The first kappa shape index (κ1) is 72.4. The number of hydrogen-bond donors (Lipinski definition) is 0. The topological polar surface area (TPSA) is 175 Å². The number of amides is 3. The largest absolute Gasteiger partial charge is 0.416 e. The van der Waals surface area contributed by atoms with E-state index < -0.39 is 264 Å². The van der Waals surface area contributed by atoms with Crippen LogP contribution in [0.1, 0.15) is 207 Å². The number of rotatable bonds is 39. The van der Waals surface area contributed by atoms with E-state index in [2.05, 4.69) is 15.0 Å². The van der Waals surface area contributed by atoms with Crippen molar-refractivity contribution in [3.05, 3.63) is 349 Å². The first-order chi connectivity index (χ1) is 81.3. The van der Waals surface area contributed by atoms with Gasteiger partial charge in [-0.3, -0.25) is 28.8 Å². The van der Waals surface area contributed by atoms with Gasteiger partial charge in [-0.1, -0.05) is 204 Å². The number of hydrogen-bond acceptors (Lipinski definition) is 15. The number of carbonyl (C=O) groups is 3. The monoisotopic (exact) mass is 2070 g/mol. The van der Waals surface area contributed by atoms with Gasteiger partial charge >= 0.3 is 18.5 Å². The number of nitrogens with zero attached hydrogens (tertiary/aromatic N) is 12. The summed E-state index contributed by atoms with van der Waals surface area (Å²) in [6.07, 6.45) is -11.8. The number of halogens is 12. The van der Waals surface area contributed by atoms with Crippen molar-refractivity contribution in [3.8, 4) is 33.4 Å². The molecule has 0 saturated heterocycles. The minimum atomic E-state index is -4.70. The first-order valence-corrected chi connectivity index (χ1v) is 47.9. The molecule has 3 heterocycles. The predicted molar refractivity (Wildman–Crippen MR) is 544 cm³/mol. The van der Waals surface area contributed by atoms with Crippen molar-refractivity contribution in [2.45, 2.75) is 210 Å². The Kier molecular flexibility index (Phi) is 25.3. The quantitative estimate of drug-likeness (QED) is 0.0202. The third kappa shape index (κ3) is 29.1. The highest BCUT2D eigenvalue weighted by molar-refractivity contribution is 7.98. The van der Waals surface area contributed by atoms with E-state index in [0.717, 1.165) is 185 Å². The number of benzene rings is 9. The Morgan fingerprint density at radius 2 is 0.639 bits per heavy atom. The number of likely N-dealkylation sites (N-methyl/N-ethyl adjacent to an activating group) is 3. The number of carbonyl (C=O) groups excluding carboxylic acids is 3. The van der Waals surface area contributed by atoms with Crippen LogP contribution in [0.25, 0.3) is 33.4 Å². The highest BCUT2D eigenvalue weighted by atomic mass is 32.2. The summed E-state index contributed by atoms with van der Waals surface area (Å²) in [5.74, 6) is -6.21. The Bertz CT molecular complexity index is 8300. The molecule has 0 N–H and O–H groups in total. The number of alkyl halides is 9. The fourth-order valence-electron chi connectivity index (χ4n) is 15.6. The molecule has 15 rings (SSSR count). The molecule has 0 unspecified atom stereocenters. The molecular formula is C111H120F12N12O6S3. The molecule has 3 aliphatic rings. The van der Waals surface area contributed by atoms with Crippen LogP contribution >= 0.6 is 35.3 Å². The summed E-state index contributed by atoms with van der Waals surface area (Å²) in [4.78, 5) is 98.9. The van der Waals surface area contributed by atoms with Gasteiger partial charge in [-0.15, -0.1) is 0 Å². The molecule has 0 spiro atoms. The zero-order chi connectivity index (χ0) is 133. The second kappa shape index (κ2) is 50.3. The average molecular weight is 2080 g/mol. The fraction of sp³-hybridized carbons (Fsp3) is 0.378. The molecule has 33 heteroatoms.